The van der Waals surface area contributed by atoms with E-state index in [1.807, 2.05) is 13.8 Å². The van der Waals surface area contributed by atoms with E-state index < -0.39 is 10.0 Å². The third kappa shape index (κ3) is 6.01. The number of aliphatic hydroxyl groups is 1. The van der Waals surface area contributed by atoms with Gasteiger partial charge in [0.25, 0.3) is 0 Å². The summed E-state index contributed by atoms with van der Waals surface area (Å²) >= 11 is 0. The Balaban J connectivity index is 4.12. The molecule has 0 spiro atoms. The molecule has 0 saturated carbocycles. The number of hydrogen-bond acceptors (Lipinski definition) is 3. The smallest absolute Gasteiger partial charge is 0.211 e. The van der Waals surface area contributed by atoms with Gasteiger partial charge in [-0.2, -0.15) is 4.31 Å². The second kappa shape index (κ2) is 5.57. The highest BCUT2D eigenvalue weighted by molar-refractivity contribution is 7.88. The van der Waals surface area contributed by atoms with E-state index >= 15 is 0 Å². The van der Waals surface area contributed by atoms with E-state index in [0.29, 0.717) is 12.5 Å². The molecule has 0 aliphatic carbocycles. The Morgan fingerprint density at radius 1 is 1.31 bits per heavy atom. The van der Waals surface area contributed by atoms with Crippen molar-refractivity contribution in [3.05, 3.63) is 0 Å². The Morgan fingerprint density at radius 2 is 1.85 bits per heavy atom. The molecule has 0 aromatic heterocycles. The van der Waals surface area contributed by atoms with Crippen LogP contribution in [-0.2, 0) is 10.0 Å². The van der Waals surface area contributed by atoms with Crippen molar-refractivity contribution in [1.82, 2.24) is 4.31 Å². The van der Waals surface area contributed by atoms with E-state index in [0.717, 1.165) is 6.42 Å². The SMILES string of the molecule is CC(C)CCN(CCO)S(C)(=O)=O. The van der Waals surface area contributed by atoms with Crippen molar-refractivity contribution < 1.29 is 13.5 Å². The van der Waals surface area contributed by atoms with Crippen molar-refractivity contribution in [1.29, 1.82) is 0 Å². The van der Waals surface area contributed by atoms with E-state index in [4.69, 9.17) is 5.11 Å². The zero-order chi connectivity index (χ0) is 10.5. The molecule has 13 heavy (non-hydrogen) atoms. The Bertz CT molecular complexity index is 224. The number of hydrogen-bond donors (Lipinski definition) is 1. The minimum absolute atomic E-state index is 0.120. The van der Waals surface area contributed by atoms with Crippen LogP contribution in [0.3, 0.4) is 0 Å². The van der Waals surface area contributed by atoms with Gasteiger partial charge in [-0.15, -0.1) is 0 Å². The molecule has 0 amide bonds. The summed E-state index contributed by atoms with van der Waals surface area (Å²) in [7, 11) is -3.15. The molecule has 4 nitrogen and oxygen atoms in total. The highest BCUT2D eigenvalue weighted by atomic mass is 32.2. The number of aliphatic hydroxyl groups excluding tert-OH is 1. The third-order valence-corrected chi connectivity index (χ3v) is 3.08. The highest BCUT2D eigenvalue weighted by Crippen LogP contribution is 2.04. The van der Waals surface area contributed by atoms with Crippen molar-refractivity contribution in [3.8, 4) is 0 Å². The summed E-state index contributed by atoms with van der Waals surface area (Å²) in [4.78, 5) is 0. The van der Waals surface area contributed by atoms with Crippen LogP contribution in [-0.4, -0.2) is 43.8 Å². The van der Waals surface area contributed by atoms with E-state index in [1.54, 1.807) is 0 Å². The standard InChI is InChI=1S/C8H19NO3S/c1-8(2)4-5-9(6-7-10)13(3,11)12/h8,10H,4-7H2,1-3H3. The maximum atomic E-state index is 11.1. The first-order valence-corrected chi connectivity index (χ1v) is 6.28. The van der Waals surface area contributed by atoms with Gasteiger partial charge in [-0.3, -0.25) is 0 Å². The van der Waals surface area contributed by atoms with Crippen molar-refractivity contribution in [2.45, 2.75) is 20.3 Å². The first-order chi connectivity index (χ1) is 5.88. The van der Waals surface area contributed by atoms with Gasteiger partial charge in [-0.1, -0.05) is 13.8 Å². The van der Waals surface area contributed by atoms with Gasteiger partial charge >= 0.3 is 0 Å². The summed E-state index contributed by atoms with van der Waals surface area (Å²) in [5, 5.41) is 8.66. The normalized spacial score (nSPS) is 12.8. The van der Waals surface area contributed by atoms with Crippen molar-refractivity contribution in [2.75, 3.05) is 26.0 Å². The monoisotopic (exact) mass is 209 g/mol. The molecule has 0 heterocycles. The molecule has 1 N–H and O–H groups in total. The second-order valence-electron chi connectivity index (χ2n) is 3.57. The fourth-order valence-electron chi connectivity index (χ4n) is 0.957. The van der Waals surface area contributed by atoms with Crippen molar-refractivity contribution in [2.24, 2.45) is 5.92 Å². The zero-order valence-electron chi connectivity index (χ0n) is 8.52. The molecule has 5 heteroatoms. The molecule has 0 radical (unpaired) electrons. The van der Waals surface area contributed by atoms with Crippen LogP contribution in [0.4, 0.5) is 0 Å². The lowest BCUT2D eigenvalue weighted by Gasteiger charge is -2.19. The zero-order valence-corrected chi connectivity index (χ0v) is 9.34. The number of sulfonamides is 1. The van der Waals surface area contributed by atoms with Gasteiger partial charge in [0.1, 0.15) is 0 Å². The predicted octanol–water partition coefficient (Wildman–Crippen LogP) is 0.286. The Morgan fingerprint density at radius 3 is 2.15 bits per heavy atom. The van der Waals surface area contributed by atoms with Gasteiger partial charge in [-0.25, -0.2) is 8.42 Å². The third-order valence-electron chi connectivity index (χ3n) is 1.77. The molecule has 0 unspecified atom stereocenters. The number of rotatable bonds is 6. The maximum Gasteiger partial charge on any atom is 0.211 e. The van der Waals surface area contributed by atoms with Gasteiger partial charge in [0.2, 0.25) is 10.0 Å². The van der Waals surface area contributed by atoms with Crippen molar-refractivity contribution >= 4 is 10.0 Å². The molecule has 80 valence electrons. The lowest BCUT2D eigenvalue weighted by molar-refractivity contribution is 0.249. The summed E-state index contributed by atoms with van der Waals surface area (Å²) in [6.45, 7) is 4.66. The van der Waals surface area contributed by atoms with Crippen LogP contribution in [0.25, 0.3) is 0 Å². The van der Waals surface area contributed by atoms with Crippen LogP contribution >= 0.6 is 0 Å². The lowest BCUT2D eigenvalue weighted by Crippen LogP contribution is -2.34. The molecule has 0 rings (SSSR count). The summed E-state index contributed by atoms with van der Waals surface area (Å²) in [6, 6.07) is 0. The first-order valence-electron chi connectivity index (χ1n) is 4.44. The molecule has 0 aliphatic heterocycles. The maximum absolute atomic E-state index is 11.1. The number of nitrogens with zero attached hydrogens (tertiary/aromatic N) is 1. The van der Waals surface area contributed by atoms with Crippen LogP contribution in [0.1, 0.15) is 20.3 Å². The Labute approximate surface area is 80.6 Å². The minimum atomic E-state index is -3.15. The molecule has 0 atom stereocenters. The second-order valence-corrected chi connectivity index (χ2v) is 5.55. The van der Waals surface area contributed by atoms with Gasteiger partial charge in [0, 0.05) is 13.1 Å². The average molecular weight is 209 g/mol. The highest BCUT2D eigenvalue weighted by Gasteiger charge is 2.15. The molecular formula is C8H19NO3S. The lowest BCUT2D eigenvalue weighted by atomic mass is 10.1. The summed E-state index contributed by atoms with van der Waals surface area (Å²) in [6.07, 6.45) is 2.00. The first kappa shape index (κ1) is 12.9. The molecule has 0 aromatic rings. The summed E-state index contributed by atoms with van der Waals surface area (Å²) < 4.78 is 23.6. The molecule has 0 aliphatic rings. The predicted molar refractivity (Wildman–Crippen MR) is 53.0 cm³/mol. The van der Waals surface area contributed by atoms with Crippen LogP contribution in [0.2, 0.25) is 0 Å². The quantitative estimate of drug-likeness (QED) is 0.684. The van der Waals surface area contributed by atoms with Crippen molar-refractivity contribution in [3.63, 3.8) is 0 Å². The van der Waals surface area contributed by atoms with Crippen LogP contribution in [0.15, 0.2) is 0 Å². The molecule has 0 saturated heterocycles. The average Bonchev–Trinajstić information content (AvgIpc) is 1.95. The molecule has 0 aromatic carbocycles. The summed E-state index contributed by atoms with van der Waals surface area (Å²) in [5.74, 6) is 0.475. The van der Waals surface area contributed by atoms with Gasteiger partial charge < -0.3 is 5.11 Å². The molecule has 0 fully saturated rings. The topological polar surface area (TPSA) is 57.6 Å². The van der Waals surface area contributed by atoms with Gasteiger partial charge in [0.05, 0.1) is 12.9 Å². The van der Waals surface area contributed by atoms with E-state index in [1.165, 1.54) is 10.6 Å². The molecular weight excluding hydrogens is 190 g/mol. The Hall–Kier alpha value is -0.130. The van der Waals surface area contributed by atoms with Gasteiger partial charge in [0.15, 0.2) is 0 Å². The van der Waals surface area contributed by atoms with Crippen LogP contribution < -0.4 is 0 Å². The van der Waals surface area contributed by atoms with Gasteiger partial charge in [-0.05, 0) is 12.3 Å². The summed E-state index contributed by atoms with van der Waals surface area (Å²) in [5.41, 5.74) is 0. The fourth-order valence-corrected chi connectivity index (χ4v) is 1.81. The Kier molecular flexibility index (Phi) is 5.51. The van der Waals surface area contributed by atoms with Crippen LogP contribution in [0.5, 0.6) is 0 Å². The largest absolute Gasteiger partial charge is 0.395 e. The fraction of sp³-hybridized carbons (Fsp3) is 1.00. The van der Waals surface area contributed by atoms with E-state index in [2.05, 4.69) is 0 Å². The van der Waals surface area contributed by atoms with E-state index in [9.17, 15) is 8.42 Å². The molecule has 0 bridgehead atoms. The minimum Gasteiger partial charge on any atom is -0.395 e. The van der Waals surface area contributed by atoms with E-state index in [-0.39, 0.29) is 13.2 Å². The van der Waals surface area contributed by atoms with Crippen LogP contribution in [0, 0.1) is 5.92 Å².